The molecule has 2 amide bonds. The number of hydrogen-bond donors (Lipinski definition) is 2. The number of H-pyrrole nitrogens is 1. The van der Waals surface area contributed by atoms with Crippen molar-refractivity contribution in [2.75, 3.05) is 25.0 Å². The third kappa shape index (κ3) is 4.74. The van der Waals surface area contributed by atoms with Gasteiger partial charge in [-0.25, -0.2) is 0 Å². The number of amides is 2. The SMILES string of the molecule is CC(=O)NC(Cc1c[nH]c2ccccc12)C(=O)N(C)Cc1ccccc1N1CCCC1. The Morgan fingerprint density at radius 3 is 2.55 bits per heavy atom. The van der Waals surface area contributed by atoms with Gasteiger partial charge in [-0.3, -0.25) is 9.59 Å². The van der Waals surface area contributed by atoms with Gasteiger partial charge in [0.1, 0.15) is 6.04 Å². The standard InChI is InChI=1S/C25H30N4O2/c1-18(30)27-23(15-20-16-26-22-11-5-4-10-21(20)22)25(31)28(2)17-19-9-3-6-12-24(19)29-13-7-8-14-29/h3-6,9-12,16,23,26H,7-8,13-15,17H2,1-2H3,(H,27,30). The summed E-state index contributed by atoms with van der Waals surface area (Å²) in [6.45, 7) is 4.08. The van der Waals surface area contributed by atoms with Crippen molar-refractivity contribution in [1.82, 2.24) is 15.2 Å². The number of benzene rings is 2. The fourth-order valence-corrected chi connectivity index (χ4v) is 4.48. The lowest BCUT2D eigenvalue weighted by atomic mass is 10.0. The molecule has 1 aliphatic rings. The number of aromatic amines is 1. The zero-order valence-electron chi connectivity index (χ0n) is 18.2. The van der Waals surface area contributed by atoms with E-state index in [4.69, 9.17) is 0 Å². The Bertz CT molecular complexity index is 1070. The number of likely N-dealkylation sites (N-methyl/N-ethyl adjacent to an activating group) is 1. The number of para-hydroxylation sites is 2. The zero-order chi connectivity index (χ0) is 21.8. The van der Waals surface area contributed by atoms with Crippen molar-refractivity contribution >= 4 is 28.4 Å². The van der Waals surface area contributed by atoms with E-state index in [1.54, 1.807) is 4.90 Å². The largest absolute Gasteiger partial charge is 0.371 e. The Kier molecular flexibility index (Phi) is 6.26. The molecule has 2 aromatic carbocycles. The van der Waals surface area contributed by atoms with Crippen LogP contribution in [0.5, 0.6) is 0 Å². The summed E-state index contributed by atoms with van der Waals surface area (Å²) in [7, 11) is 1.81. The predicted octanol–water partition coefficient (Wildman–Crippen LogP) is 3.47. The van der Waals surface area contributed by atoms with Crippen LogP contribution in [-0.2, 0) is 22.6 Å². The highest BCUT2D eigenvalue weighted by molar-refractivity contribution is 5.89. The van der Waals surface area contributed by atoms with Crippen LogP contribution >= 0.6 is 0 Å². The van der Waals surface area contributed by atoms with E-state index in [1.165, 1.54) is 25.5 Å². The molecular formula is C25H30N4O2. The molecule has 6 nitrogen and oxygen atoms in total. The van der Waals surface area contributed by atoms with Crippen LogP contribution < -0.4 is 10.2 Å². The Morgan fingerprint density at radius 2 is 1.77 bits per heavy atom. The zero-order valence-corrected chi connectivity index (χ0v) is 18.2. The Hall–Kier alpha value is -3.28. The van der Waals surface area contributed by atoms with Crippen LogP contribution in [0.4, 0.5) is 5.69 Å². The summed E-state index contributed by atoms with van der Waals surface area (Å²) >= 11 is 0. The average molecular weight is 419 g/mol. The topological polar surface area (TPSA) is 68.4 Å². The molecule has 4 rings (SSSR count). The molecule has 31 heavy (non-hydrogen) atoms. The van der Waals surface area contributed by atoms with Gasteiger partial charge >= 0.3 is 0 Å². The first-order valence-corrected chi connectivity index (χ1v) is 10.9. The fraction of sp³-hybridized carbons (Fsp3) is 0.360. The molecule has 0 aliphatic carbocycles. The van der Waals surface area contributed by atoms with E-state index in [0.717, 1.165) is 35.1 Å². The number of aromatic nitrogens is 1. The number of nitrogens with zero attached hydrogens (tertiary/aromatic N) is 2. The number of nitrogens with one attached hydrogen (secondary N) is 2. The average Bonchev–Trinajstić information content (AvgIpc) is 3.43. The number of rotatable bonds is 7. The first-order chi connectivity index (χ1) is 15.0. The lowest BCUT2D eigenvalue weighted by Crippen LogP contribution is -2.47. The molecule has 3 aromatic rings. The van der Waals surface area contributed by atoms with E-state index in [9.17, 15) is 9.59 Å². The van der Waals surface area contributed by atoms with Crippen LogP contribution in [0.25, 0.3) is 10.9 Å². The van der Waals surface area contributed by atoms with Gasteiger partial charge in [-0.15, -0.1) is 0 Å². The van der Waals surface area contributed by atoms with Gasteiger partial charge in [0.15, 0.2) is 0 Å². The summed E-state index contributed by atoms with van der Waals surface area (Å²) < 4.78 is 0. The van der Waals surface area contributed by atoms with E-state index in [-0.39, 0.29) is 11.8 Å². The lowest BCUT2D eigenvalue weighted by Gasteiger charge is -2.27. The Morgan fingerprint density at radius 1 is 1.06 bits per heavy atom. The van der Waals surface area contributed by atoms with E-state index in [0.29, 0.717) is 13.0 Å². The summed E-state index contributed by atoms with van der Waals surface area (Å²) in [5, 5.41) is 3.94. The quantitative estimate of drug-likeness (QED) is 0.617. The minimum atomic E-state index is -0.611. The summed E-state index contributed by atoms with van der Waals surface area (Å²) in [6.07, 6.45) is 4.78. The monoisotopic (exact) mass is 418 g/mol. The first-order valence-electron chi connectivity index (χ1n) is 10.9. The fourth-order valence-electron chi connectivity index (χ4n) is 4.48. The van der Waals surface area contributed by atoms with E-state index < -0.39 is 6.04 Å². The molecule has 1 saturated heterocycles. The molecule has 1 aliphatic heterocycles. The van der Waals surface area contributed by atoms with Crippen LogP contribution in [0.3, 0.4) is 0 Å². The summed E-state index contributed by atoms with van der Waals surface area (Å²) in [5.41, 5.74) is 4.38. The highest BCUT2D eigenvalue weighted by Crippen LogP contribution is 2.26. The third-order valence-electron chi connectivity index (χ3n) is 6.00. The molecule has 6 heteroatoms. The first kappa shape index (κ1) is 21.0. The van der Waals surface area contributed by atoms with Crippen LogP contribution in [0.1, 0.15) is 30.9 Å². The van der Waals surface area contributed by atoms with Gasteiger partial charge in [0, 0.05) is 62.8 Å². The van der Waals surface area contributed by atoms with Crippen molar-refractivity contribution in [3.63, 3.8) is 0 Å². The second-order valence-corrected chi connectivity index (χ2v) is 8.33. The second-order valence-electron chi connectivity index (χ2n) is 8.33. The van der Waals surface area contributed by atoms with Crippen LogP contribution in [0.15, 0.2) is 54.7 Å². The molecule has 1 atom stereocenters. The van der Waals surface area contributed by atoms with Crippen LogP contribution in [-0.4, -0.2) is 47.9 Å². The van der Waals surface area contributed by atoms with Crippen LogP contribution in [0.2, 0.25) is 0 Å². The van der Waals surface area contributed by atoms with Crippen molar-refractivity contribution < 1.29 is 9.59 Å². The number of anilines is 1. The van der Waals surface area contributed by atoms with Crippen molar-refractivity contribution in [3.05, 3.63) is 65.9 Å². The van der Waals surface area contributed by atoms with E-state index in [1.807, 2.05) is 43.6 Å². The Balaban J connectivity index is 1.53. The molecule has 1 fully saturated rings. The molecule has 1 unspecified atom stereocenters. The molecule has 2 N–H and O–H groups in total. The van der Waals surface area contributed by atoms with E-state index in [2.05, 4.69) is 33.4 Å². The van der Waals surface area contributed by atoms with Gasteiger partial charge < -0.3 is 20.1 Å². The van der Waals surface area contributed by atoms with Gasteiger partial charge in [-0.2, -0.15) is 0 Å². The number of carbonyl (C=O) groups excluding carboxylic acids is 2. The predicted molar refractivity (Wildman–Crippen MR) is 124 cm³/mol. The highest BCUT2D eigenvalue weighted by Gasteiger charge is 2.25. The molecule has 1 aromatic heterocycles. The summed E-state index contributed by atoms with van der Waals surface area (Å²) in [5.74, 6) is -0.291. The molecule has 0 saturated carbocycles. The summed E-state index contributed by atoms with van der Waals surface area (Å²) in [4.78, 5) is 32.6. The summed E-state index contributed by atoms with van der Waals surface area (Å²) in [6, 6.07) is 15.7. The molecule has 162 valence electrons. The maximum atomic E-state index is 13.4. The van der Waals surface area contributed by atoms with Gasteiger partial charge in [0.2, 0.25) is 11.8 Å². The lowest BCUT2D eigenvalue weighted by molar-refractivity contribution is -0.135. The minimum absolute atomic E-state index is 0.0864. The minimum Gasteiger partial charge on any atom is -0.371 e. The smallest absolute Gasteiger partial charge is 0.245 e. The van der Waals surface area contributed by atoms with Gasteiger partial charge in [0.25, 0.3) is 0 Å². The molecular weight excluding hydrogens is 388 g/mol. The molecule has 2 heterocycles. The third-order valence-corrected chi connectivity index (χ3v) is 6.00. The maximum Gasteiger partial charge on any atom is 0.245 e. The van der Waals surface area contributed by atoms with Gasteiger partial charge in [-0.05, 0) is 36.1 Å². The molecule has 0 spiro atoms. The maximum absolute atomic E-state index is 13.4. The van der Waals surface area contributed by atoms with Gasteiger partial charge in [0.05, 0.1) is 0 Å². The molecule has 0 radical (unpaired) electrons. The Labute approximate surface area is 183 Å². The second kappa shape index (κ2) is 9.25. The number of hydrogen-bond acceptors (Lipinski definition) is 3. The van der Waals surface area contributed by atoms with Crippen molar-refractivity contribution in [2.24, 2.45) is 0 Å². The highest BCUT2D eigenvalue weighted by atomic mass is 16.2. The number of carbonyl (C=O) groups is 2. The van der Waals surface area contributed by atoms with Gasteiger partial charge in [-0.1, -0.05) is 36.4 Å². The van der Waals surface area contributed by atoms with Crippen molar-refractivity contribution in [1.29, 1.82) is 0 Å². The molecule has 0 bridgehead atoms. The normalized spacial score (nSPS) is 14.6. The number of fused-ring (bicyclic) bond motifs is 1. The van der Waals surface area contributed by atoms with Crippen molar-refractivity contribution in [2.45, 2.75) is 38.8 Å². The van der Waals surface area contributed by atoms with Crippen LogP contribution in [0, 0.1) is 0 Å². The van der Waals surface area contributed by atoms with E-state index >= 15 is 0 Å². The van der Waals surface area contributed by atoms with Crippen molar-refractivity contribution in [3.8, 4) is 0 Å².